The number of guanidine groups is 1. The van der Waals surface area contributed by atoms with Gasteiger partial charge >= 0.3 is 0 Å². The maximum absolute atomic E-state index is 12.2. The van der Waals surface area contributed by atoms with Crippen molar-refractivity contribution < 1.29 is 4.21 Å². The zero-order valence-corrected chi connectivity index (χ0v) is 22.5. The molecule has 5 nitrogen and oxygen atoms in total. The van der Waals surface area contributed by atoms with E-state index in [1.54, 1.807) is 0 Å². The molecule has 1 aliphatic rings. The van der Waals surface area contributed by atoms with Gasteiger partial charge in [0.1, 0.15) is 0 Å². The first-order valence-corrected chi connectivity index (χ1v) is 12.5. The second-order valence-corrected chi connectivity index (χ2v) is 10.3. The number of nitrogens with zero attached hydrogens (tertiary/aromatic N) is 2. The lowest BCUT2D eigenvalue weighted by molar-refractivity contribution is 0.265. The zero-order valence-electron chi connectivity index (χ0n) is 19.3. The first-order chi connectivity index (χ1) is 13.9. The SMILES string of the molecule is CCNC(=NCc1ccccc1CN(C)C(C)C)NC1CCCC(S(=O)CC)C1.I. The van der Waals surface area contributed by atoms with Crippen LogP contribution in [0.2, 0.25) is 0 Å². The Kier molecular flexibility index (Phi) is 13.1. The van der Waals surface area contributed by atoms with Crippen molar-refractivity contribution in [1.29, 1.82) is 0 Å². The van der Waals surface area contributed by atoms with Crippen molar-refractivity contribution in [3.8, 4) is 0 Å². The highest BCUT2D eigenvalue weighted by atomic mass is 127. The van der Waals surface area contributed by atoms with E-state index in [4.69, 9.17) is 4.99 Å². The molecule has 0 amide bonds. The fraction of sp³-hybridized carbons (Fsp3) is 0.696. The summed E-state index contributed by atoms with van der Waals surface area (Å²) in [5.41, 5.74) is 2.60. The molecule has 7 heteroatoms. The van der Waals surface area contributed by atoms with Gasteiger partial charge in [-0.3, -0.25) is 9.11 Å². The normalized spacial score (nSPS) is 20.7. The standard InChI is InChI=1S/C23H40N4OS.HI/c1-6-24-23(26-21-13-10-14-22(15-21)29(28)7-2)25-16-19-11-8-9-12-20(19)17-27(5)18(3)4;/h8-9,11-12,18,21-22H,6-7,10,13-17H2,1-5H3,(H2,24,25,26);1H. The lowest BCUT2D eigenvalue weighted by Crippen LogP contribution is -2.46. The number of nitrogens with one attached hydrogen (secondary N) is 2. The highest BCUT2D eigenvalue weighted by molar-refractivity contribution is 14.0. The van der Waals surface area contributed by atoms with Crippen molar-refractivity contribution >= 4 is 40.7 Å². The van der Waals surface area contributed by atoms with Crippen LogP contribution in [0.25, 0.3) is 0 Å². The minimum Gasteiger partial charge on any atom is -0.357 e. The van der Waals surface area contributed by atoms with Crippen LogP contribution >= 0.6 is 24.0 Å². The number of rotatable bonds is 9. The van der Waals surface area contributed by atoms with Crippen LogP contribution in [-0.4, -0.2) is 51.7 Å². The molecule has 1 saturated carbocycles. The minimum absolute atomic E-state index is 0. The van der Waals surface area contributed by atoms with E-state index in [-0.39, 0.29) is 24.0 Å². The summed E-state index contributed by atoms with van der Waals surface area (Å²) in [5, 5.41) is 7.32. The zero-order chi connectivity index (χ0) is 21.2. The van der Waals surface area contributed by atoms with E-state index in [0.29, 0.717) is 23.9 Å². The van der Waals surface area contributed by atoms with Crippen LogP contribution in [0.15, 0.2) is 29.3 Å². The molecule has 1 aromatic carbocycles. The number of hydrogen-bond donors (Lipinski definition) is 2. The highest BCUT2D eigenvalue weighted by Crippen LogP contribution is 2.23. The predicted molar refractivity (Wildman–Crippen MR) is 141 cm³/mol. The first-order valence-electron chi connectivity index (χ1n) is 11.1. The van der Waals surface area contributed by atoms with Crippen molar-refractivity contribution in [3.05, 3.63) is 35.4 Å². The Morgan fingerprint density at radius 1 is 1.23 bits per heavy atom. The van der Waals surface area contributed by atoms with Gasteiger partial charge < -0.3 is 10.6 Å². The van der Waals surface area contributed by atoms with Crippen molar-refractivity contribution in [3.63, 3.8) is 0 Å². The van der Waals surface area contributed by atoms with Crippen LogP contribution < -0.4 is 10.6 Å². The number of halogens is 1. The van der Waals surface area contributed by atoms with Crippen molar-refractivity contribution in [2.75, 3.05) is 19.3 Å². The molecule has 0 bridgehead atoms. The summed E-state index contributed by atoms with van der Waals surface area (Å²) in [6.45, 7) is 11.0. The van der Waals surface area contributed by atoms with Gasteiger partial charge in [-0.1, -0.05) is 37.6 Å². The van der Waals surface area contributed by atoms with Gasteiger partial charge in [-0.25, -0.2) is 4.99 Å². The van der Waals surface area contributed by atoms with E-state index in [1.165, 1.54) is 11.1 Å². The van der Waals surface area contributed by atoms with Crippen molar-refractivity contribution in [2.24, 2.45) is 4.99 Å². The van der Waals surface area contributed by atoms with Crippen molar-refractivity contribution in [1.82, 2.24) is 15.5 Å². The molecule has 2 rings (SSSR count). The van der Waals surface area contributed by atoms with Gasteiger partial charge in [-0.2, -0.15) is 0 Å². The molecule has 0 spiro atoms. The molecule has 0 aliphatic heterocycles. The van der Waals surface area contributed by atoms with E-state index in [9.17, 15) is 4.21 Å². The van der Waals surface area contributed by atoms with E-state index in [2.05, 4.69) is 67.6 Å². The Labute approximate surface area is 203 Å². The average molecular weight is 549 g/mol. The maximum atomic E-state index is 12.2. The molecular weight excluding hydrogens is 507 g/mol. The van der Waals surface area contributed by atoms with Crippen LogP contribution in [0, 0.1) is 0 Å². The van der Waals surface area contributed by atoms with Crippen LogP contribution in [0.4, 0.5) is 0 Å². The highest BCUT2D eigenvalue weighted by Gasteiger charge is 2.26. The molecule has 1 aromatic rings. The molecule has 0 heterocycles. The van der Waals surface area contributed by atoms with Gasteiger partial charge in [-0.05, 0) is 58.2 Å². The summed E-state index contributed by atoms with van der Waals surface area (Å²) in [6, 6.07) is 9.45. The Hall–Kier alpha value is -0.670. The quantitative estimate of drug-likeness (QED) is 0.275. The maximum Gasteiger partial charge on any atom is 0.191 e. The van der Waals surface area contributed by atoms with E-state index in [0.717, 1.165) is 50.5 Å². The van der Waals surface area contributed by atoms with Gasteiger partial charge in [0.05, 0.1) is 6.54 Å². The molecule has 30 heavy (non-hydrogen) atoms. The second kappa shape index (κ2) is 14.4. The van der Waals surface area contributed by atoms with Gasteiger partial charge in [-0.15, -0.1) is 24.0 Å². The Balaban J connectivity index is 0.00000450. The number of hydrogen-bond acceptors (Lipinski definition) is 3. The minimum atomic E-state index is -0.704. The van der Waals surface area contributed by atoms with Crippen LogP contribution in [0.5, 0.6) is 0 Å². The summed E-state index contributed by atoms with van der Waals surface area (Å²) < 4.78 is 12.2. The summed E-state index contributed by atoms with van der Waals surface area (Å²) in [7, 11) is 1.46. The molecule has 172 valence electrons. The molecule has 0 saturated heterocycles. The molecular formula is C23H41IN4OS. The van der Waals surface area contributed by atoms with Crippen LogP contribution in [-0.2, 0) is 23.9 Å². The Bertz CT molecular complexity index is 683. The fourth-order valence-corrected chi connectivity index (χ4v) is 5.09. The van der Waals surface area contributed by atoms with E-state index >= 15 is 0 Å². The third-order valence-corrected chi connectivity index (χ3v) is 7.54. The lowest BCUT2D eigenvalue weighted by atomic mass is 9.95. The van der Waals surface area contributed by atoms with E-state index < -0.39 is 10.8 Å². The summed E-state index contributed by atoms with van der Waals surface area (Å²) >= 11 is 0. The largest absolute Gasteiger partial charge is 0.357 e. The molecule has 1 fully saturated rings. The number of benzene rings is 1. The second-order valence-electron chi connectivity index (χ2n) is 8.27. The Morgan fingerprint density at radius 3 is 2.57 bits per heavy atom. The lowest BCUT2D eigenvalue weighted by Gasteiger charge is -2.30. The van der Waals surface area contributed by atoms with Crippen LogP contribution in [0.3, 0.4) is 0 Å². The third-order valence-electron chi connectivity index (χ3n) is 5.79. The summed E-state index contributed by atoms with van der Waals surface area (Å²) in [5.74, 6) is 1.63. The van der Waals surface area contributed by atoms with Gasteiger partial charge in [0.15, 0.2) is 5.96 Å². The Morgan fingerprint density at radius 2 is 1.93 bits per heavy atom. The van der Waals surface area contributed by atoms with Gasteiger partial charge in [0.25, 0.3) is 0 Å². The topological polar surface area (TPSA) is 56.7 Å². The predicted octanol–water partition coefficient (Wildman–Crippen LogP) is 4.28. The average Bonchev–Trinajstić information content (AvgIpc) is 2.72. The first kappa shape index (κ1) is 27.4. The van der Waals surface area contributed by atoms with Gasteiger partial charge in [0.2, 0.25) is 0 Å². The molecule has 0 aromatic heterocycles. The smallest absolute Gasteiger partial charge is 0.191 e. The summed E-state index contributed by atoms with van der Waals surface area (Å²) in [6.07, 6.45) is 4.32. The molecule has 1 aliphatic carbocycles. The van der Waals surface area contributed by atoms with Crippen molar-refractivity contribution in [2.45, 2.75) is 83.8 Å². The van der Waals surface area contributed by atoms with Gasteiger partial charge in [0, 0.05) is 47.0 Å². The molecule has 2 N–H and O–H groups in total. The van der Waals surface area contributed by atoms with E-state index in [1.807, 2.05) is 6.92 Å². The fourth-order valence-electron chi connectivity index (χ4n) is 3.75. The molecule has 0 radical (unpaired) electrons. The third kappa shape index (κ3) is 8.83. The number of aliphatic imine (C=N–C) groups is 1. The molecule has 3 unspecified atom stereocenters. The monoisotopic (exact) mass is 548 g/mol. The molecule has 3 atom stereocenters. The summed E-state index contributed by atoms with van der Waals surface area (Å²) in [4.78, 5) is 7.23. The van der Waals surface area contributed by atoms with Crippen LogP contribution in [0.1, 0.15) is 64.5 Å².